The molecule has 0 bridgehead atoms. The second-order valence-electron chi connectivity index (χ2n) is 5.90. The average molecular weight is 349 g/mol. The monoisotopic (exact) mass is 349 g/mol. The molecule has 0 aliphatic carbocycles. The highest BCUT2D eigenvalue weighted by Crippen LogP contribution is 2.32. The number of hydrogen-bond acceptors (Lipinski definition) is 7. The van der Waals surface area contributed by atoms with E-state index in [0.29, 0.717) is 18.9 Å². The van der Waals surface area contributed by atoms with E-state index in [1.165, 1.54) is 0 Å². The van der Waals surface area contributed by atoms with E-state index in [1.807, 2.05) is 49.4 Å². The van der Waals surface area contributed by atoms with E-state index >= 15 is 0 Å². The van der Waals surface area contributed by atoms with Crippen molar-refractivity contribution in [1.29, 1.82) is 0 Å². The topological polar surface area (TPSA) is 81.2 Å². The molecule has 0 radical (unpaired) electrons. The molecule has 3 heterocycles. The van der Waals surface area contributed by atoms with Crippen LogP contribution in [0.1, 0.15) is 17.1 Å². The first kappa shape index (κ1) is 16.1. The first-order valence-corrected chi connectivity index (χ1v) is 8.38. The summed E-state index contributed by atoms with van der Waals surface area (Å²) in [6, 6.07) is 13.6. The van der Waals surface area contributed by atoms with E-state index in [4.69, 9.17) is 9.47 Å². The summed E-state index contributed by atoms with van der Waals surface area (Å²) in [7, 11) is 0. The number of aromatic nitrogens is 3. The van der Waals surface area contributed by atoms with Gasteiger partial charge in [0.05, 0.1) is 12.2 Å². The zero-order valence-electron chi connectivity index (χ0n) is 14.4. The number of rotatable bonds is 6. The van der Waals surface area contributed by atoms with Crippen LogP contribution in [0.15, 0.2) is 48.7 Å². The molecular weight excluding hydrogens is 330 g/mol. The van der Waals surface area contributed by atoms with Crippen LogP contribution in [0, 0.1) is 6.92 Å². The Morgan fingerprint density at radius 1 is 0.923 bits per heavy atom. The lowest BCUT2D eigenvalue weighted by molar-refractivity contribution is 0.174. The Morgan fingerprint density at radius 2 is 1.73 bits per heavy atom. The number of hydrogen-bond donors (Lipinski definition) is 2. The minimum Gasteiger partial charge on any atom is -0.454 e. The van der Waals surface area contributed by atoms with Gasteiger partial charge in [0, 0.05) is 18.8 Å². The van der Waals surface area contributed by atoms with Crippen molar-refractivity contribution >= 4 is 11.6 Å². The molecule has 2 N–H and O–H groups in total. The maximum atomic E-state index is 5.41. The number of nitrogens with one attached hydrogen (secondary N) is 2. The number of nitrogens with zero attached hydrogens (tertiary/aromatic N) is 3. The molecule has 0 fully saturated rings. The minimum absolute atomic E-state index is 0.280. The molecule has 132 valence electrons. The van der Waals surface area contributed by atoms with Gasteiger partial charge in [-0.3, -0.25) is 4.98 Å². The predicted octanol–water partition coefficient (Wildman–Crippen LogP) is 3.13. The van der Waals surface area contributed by atoms with Crippen molar-refractivity contribution in [2.24, 2.45) is 0 Å². The number of pyridine rings is 1. The Labute approximate surface area is 151 Å². The molecule has 0 atom stereocenters. The van der Waals surface area contributed by atoms with Crippen LogP contribution in [-0.4, -0.2) is 21.7 Å². The van der Waals surface area contributed by atoms with Crippen LogP contribution >= 0.6 is 0 Å². The second-order valence-corrected chi connectivity index (χ2v) is 5.90. The summed E-state index contributed by atoms with van der Waals surface area (Å²) < 4.78 is 10.7. The number of fused-ring (bicyclic) bond motifs is 1. The van der Waals surface area contributed by atoms with Gasteiger partial charge in [-0.1, -0.05) is 12.1 Å². The van der Waals surface area contributed by atoms with Crippen LogP contribution in [0.2, 0.25) is 0 Å². The number of aryl methyl sites for hydroxylation is 1. The van der Waals surface area contributed by atoms with Crippen molar-refractivity contribution in [2.45, 2.75) is 20.0 Å². The standard InChI is InChI=1S/C19H19N5O2/c1-13-23-18(9-19(24-13)22-11-15-4-2-3-7-20-15)21-10-14-5-6-16-17(8-14)26-12-25-16/h2-9H,10-12H2,1H3,(H2,21,22,23,24). The molecule has 0 saturated carbocycles. The maximum Gasteiger partial charge on any atom is 0.231 e. The number of benzene rings is 1. The fourth-order valence-corrected chi connectivity index (χ4v) is 2.68. The van der Waals surface area contributed by atoms with E-state index in [0.717, 1.165) is 34.4 Å². The molecule has 7 heteroatoms. The first-order chi connectivity index (χ1) is 12.8. The molecule has 2 aromatic heterocycles. The molecule has 0 saturated heterocycles. The highest BCUT2D eigenvalue weighted by atomic mass is 16.7. The van der Waals surface area contributed by atoms with Crippen molar-refractivity contribution in [2.75, 3.05) is 17.4 Å². The Balaban J connectivity index is 1.41. The summed E-state index contributed by atoms with van der Waals surface area (Å²) in [6.45, 7) is 3.39. The average Bonchev–Trinajstić information content (AvgIpc) is 3.13. The lowest BCUT2D eigenvalue weighted by atomic mass is 10.2. The van der Waals surface area contributed by atoms with Crippen LogP contribution < -0.4 is 20.1 Å². The van der Waals surface area contributed by atoms with E-state index in [2.05, 4.69) is 25.6 Å². The third kappa shape index (κ3) is 3.83. The van der Waals surface area contributed by atoms with Gasteiger partial charge in [0.1, 0.15) is 17.5 Å². The molecule has 1 aliphatic heterocycles. The van der Waals surface area contributed by atoms with E-state index in [1.54, 1.807) is 6.20 Å². The SMILES string of the molecule is Cc1nc(NCc2ccc3c(c2)OCO3)cc(NCc2ccccn2)n1. The molecule has 7 nitrogen and oxygen atoms in total. The predicted molar refractivity (Wildman–Crippen MR) is 98.2 cm³/mol. The second kappa shape index (κ2) is 7.26. The van der Waals surface area contributed by atoms with Gasteiger partial charge >= 0.3 is 0 Å². The van der Waals surface area contributed by atoms with Gasteiger partial charge < -0.3 is 20.1 Å². The molecule has 1 aliphatic rings. The molecule has 0 amide bonds. The molecule has 3 aromatic rings. The normalized spacial score (nSPS) is 12.0. The van der Waals surface area contributed by atoms with Crippen LogP contribution in [0.5, 0.6) is 11.5 Å². The van der Waals surface area contributed by atoms with Gasteiger partial charge in [-0.05, 0) is 36.8 Å². The van der Waals surface area contributed by atoms with Crippen molar-refractivity contribution in [3.05, 3.63) is 65.7 Å². The number of anilines is 2. The zero-order valence-corrected chi connectivity index (χ0v) is 14.4. The summed E-state index contributed by atoms with van der Waals surface area (Å²) in [4.78, 5) is 13.2. The fourth-order valence-electron chi connectivity index (χ4n) is 2.68. The van der Waals surface area contributed by atoms with Crippen LogP contribution in [0.4, 0.5) is 11.6 Å². The van der Waals surface area contributed by atoms with Gasteiger partial charge in [-0.2, -0.15) is 0 Å². The molecule has 0 unspecified atom stereocenters. The Kier molecular flexibility index (Phi) is 4.51. The van der Waals surface area contributed by atoms with Crippen LogP contribution in [0.3, 0.4) is 0 Å². The smallest absolute Gasteiger partial charge is 0.231 e. The van der Waals surface area contributed by atoms with E-state index < -0.39 is 0 Å². The van der Waals surface area contributed by atoms with Gasteiger partial charge in [-0.25, -0.2) is 9.97 Å². The van der Waals surface area contributed by atoms with Gasteiger partial charge in [0.2, 0.25) is 6.79 Å². The van der Waals surface area contributed by atoms with Gasteiger partial charge in [0.15, 0.2) is 11.5 Å². The lowest BCUT2D eigenvalue weighted by Gasteiger charge is -2.10. The van der Waals surface area contributed by atoms with Crippen LogP contribution in [0.25, 0.3) is 0 Å². The highest BCUT2D eigenvalue weighted by Gasteiger charge is 2.13. The Bertz CT molecular complexity index is 902. The third-order valence-corrected chi connectivity index (χ3v) is 3.93. The highest BCUT2D eigenvalue weighted by molar-refractivity contribution is 5.49. The summed E-state index contributed by atoms with van der Waals surface area (Å²) in [6.07, 6.45) is 1.78. The summed E-state index contributed by atoms with van der Waals surface area (Å²) in [5.74, 6) is 3.78. The Hall–Kier alpha value is -3.35. The maximum absolute atomic E-state index is 5.41. The summed E-state index contributed by atoms with van der Waals surface area (Å²) in [5.41, 5.74) is 2.05. The zero-order chi connectivity index (χ0) is 17.8. The first-order valence-electron chi connectivity index (χ1n) is 8.38. The fraction of sp³-hybridized carbons (Fsp3) is 0.211. The van der Waals surface area contributed by atoms with Crippen molar-refractivity contribution in [1.82, 2.24) is 15.0 Å². The molecular formula is C19H19N5O2. The van der Waals surface area contributed by atoms with Gasteiger partial charge in [-0.15, -0.1) is 0 Å². The van der Waals surface area contributed by atoms with Crippen molar-refractivity contribution in [3.63, 3.8) is 0 Å². The molecule has 1 aromatic carbocycles. The van der Waals surface area contributed by atoms with E-state index in [9.17, 15) is 0 Å². The molecule has 26 heavy (non-hydrogen) atoms. The van der Waals surface area contributed by atoms with E-state index in [-0.39, 0.29) is 6.79 Å². The minimum atomic E-state index is 0.280. The number of ether oxygens (including phenoxy) is 2. The quantitative estimate of drug-likeness (QED) is 0.707. The molecule has 4 rings (SSSR count). The van der Waals surface area contributed by atoms with Crippen molar-refractivity contribution < 1.29 is 9.47 Å². The van der Waals surface area contributed by atoms with Crippen molar-refractivity contribution in [3.8, 4) is 11.5 Å². The third-order valence-electron chi connectivity index (χ3n) is 3.93. The molecule has 0 spiro atoms. The lowest BCUT2D eigenvalue weighted by Crippen LogP contribution is -2.07. The van der Waals surface area contributed by atoms with Gasteiger partial charge in [0.25, 0.3) is 0 Å². The summed E-state index contributed by atoms with van der Waals surface area (Å²) in [5, 5.41) is 6.61. The van der Waals surface area contributed by atoms with Crippen LogP contribution in [-0.2, 0) is 13.1 Å². The Morgan fingerprint density at radius 3 is 2.54 bits per heavy atom. The summed E-state index contributed by atoms with van der Waals surface area (Å²) >= 11 is 0. The largest absolute Gasteiger partial charge is 0.454 e.